The molecule has 0 fully saturated rings. The van der Waals surface area contributed by atoms with Crippen molar-refractivity contribution in [2.75, 3.05) is 0 Å². The van der Waals surface area contributed by atoms with E-state index in [2.05, 4.69) is 42.3 Å². The van der Waals surface area contributed by atoms with E-state index in [0.717, 1.165) is 29.8 Å². The lowest BCUT2D eigenvalue weighted by atomic mass is 10.3. The van der Waals surface area contributed by atoms with E-state index >= 15 is 0 Å². The molecule has 3 rings (SSSR count). The van der Waals surface area contributed by atoms with Crippen LogP contribution in [0.5, 0.6) is 0 Å². The lowest BCUT2D eigenvalue weighted by molar-refractivity contribution is 0.714. The van der Waals surface area contributed by atoms with Gasteiger partial charge in [-0.3, -0.25) is 4.98 Å². The maximum absolute atomic E-state index is 4.62. The van der Waals surface area contributed by atoms with Crippen LogP contribution in [0.2, 0.25) is 0 Å². The first-order chi connectivity index (χ1) is 12.2. The Hall–Kier alpha value is -2.74. The average molecular weight is 355 g/mol. The van der Waals surface area contributed by atoms with Gasteiger partial charge in [-0.15, -0.1) is 21.5 Å². The minimum Gasteiger partial charge on any atom is -0.351 e. The van der Waals surface area contributed by atoms with E-state index in [9.17, 15) is 0 Å². The summed E-state index contributed by atoms with van der Waals surface area (Å²) in [6, 6.07) is 9.97. The molecule has 0 radical (unpaired) electrons. The molecule has 0 unspecified atom stereocenters. The van der Waals surface area contributed by atoms with Crippen LogP contribution in [-0.2, 0) is 26.7 Å². The topological polar surface area (TPSA) is 80.0 Å². The summed E-state index contributed by atoms with van der Waals surface area (Å²) in [6.07, 6.45) is 1.78. The summed E-state index contributed by atoms with van der Waals surface area (Å²) < 4.78 is 1.96. The molecule has 7 nitrogen and oxygen atoms in total. The highest BCUT2D eigenvalue weighted by atomic mass is 32.1. The fraction of sp³-hybridized carbons (Fsp3) is 0.294. The predicted molar refractivity (Wildman–Crippen MR) is 99.1 cm³/mol. The second-order valence-corrected chi connectivity index (χ2v) is 6.53. The van der Waals surface area contributed by atoms with Crippen LogP contribution in [0.1, 0.15) is 22.2 Å². The molecule has 0 amide bonds. The van der Waals surface area contributed by atoms with E-state index in [-0.39, 0.29) is 0 Å². The minimum absolute atomic E-state index is 0.512. The first-order valence-electron chi connectivity index (χ1n) is 8.01. The second kappa shape index (κ2) is 8.39. The first-order valence-corrected chi connectivity index (χ1v) is 8.89. The van der Waals surface area contributed by atoms with Crippen LogP contribution in [-0.4, -0.2) is 25.7 Å². The van der Waals surface area contributed by atoms with Gasteiger partial charge in [0.15, 0.2) is 11.8 Å². The van der Waals surface area contributed by atoms with E-state index < -0.39 is 0 Å². The van der Waals surface area contributed by atoms with Gasteiger partial charge < -0.3 is 15.2 Å². The van der Waals surface area contributed by atoms with Crippen LogP contribution in [0, 0.1) is 6.92 Å². The van der Waals surface area contributed by atoms with Crippen LogP contribution in [0.25, 0.3) is 0 Å². The summed E-state index contributed by atoms with van der Waals surface area (Å²) in [5.41, 5.74) is 0.925. The van der Waals surface area contributed by atoms with Gasteiger partial charge in [-0.1, -0.05) is 12.1 Å². The normalized spacial score (nSPS) is 11.5. The summed E-state index contributed by atoms with van der Waals surface area (Å²) in [6.45, 7) is 3.72. The zero-order valence-electron chi connectivity index (χ0n) is 14.3. The Labute approximate surface area is 150 Å². The van der Waals surface area contributed by atoms with Gasteiger partial charge in [-0.25, -0.2) is 4.99 Å². The van der Waals surface area contributed by atoms with Crippen LogP contribution in [0.15, 0.2) is 46.9 Å². The van der Waals surface area contributed by atoms with Crippen molar-refractivity contribution in [3.8, 4) is 0 Å². The maximum Gasteiger partial charge on any atom is 0.192 e. The van der Waals surface area contributed by atoms with E-state index in [0.29, 0.717) is 13.1 Å². The number of pyridine rings is 1. The van der Waals surface area contributed by atoms with Gasteiger partial charge in [-0.05, 0) is 30.5 Å². The van der Waals surface area contributed by atoms with Gasteiger partial charge in [0.2, 0.25) is 0 Å². The highest BCUT2D eigenvalue weighted by Gasteiger charge is 2.06. The number of aromatic nitrogens is 4. The molecule has 0 saturated carbocycles. The fourth-order valence-corrected chi connectivity index (χ4v) is 2.82. The summed E-state index contributed by atoms with van der Waals surface area (Å²) in [4.78, 5) is 10.2. The van der Waals surface area contributed by atoms with E-state index in [1.165, 1.54) is 4.88 Å². The number of thiophene rings is 1. The van der Waals surface area contributed by atoms with E-state index in [1.54, 1.807) is 17.5 Å². The van der Waals surface area contributed by atoms with Crippen LogP contribution >= 0.6 is 11.3 Å². The molecule has 0 aliphatic heterocycles. The highest BCUT2D eigenvalue weighted by molar-refractivity contribution is 7.09. The molecular formula is C17H21N7S. The number of nitrogens with one attached hydrogen (secondary N) is 2. The lowest BCUT2D eigenvalue weighted by Crippen LogP contribution is -2.37. The van der Waals surface area contributed by atoms with Gasteiger partial charge >= 0.3 is 0 Å². The Kier molecular flexibility index (Phi) is 5.73. The molecule has 2 N–H and O–H groups in total. The molecule has 3 aromatic rings. The van der Waals surface area contributed by atoms with Crippen molar-refractivity contribution in [1.82, 2.24) is 30.4 Å². The van der Waals surface area contributed by atoms with Crippen molar-refractivity contribution in [3.05, 3.63) is 64.1 Å². The number of nitrogens with zero attached hydrogens (tertiary/aromatic N) is 5. The molecule has 0 spiro atoms. The Balaban J connectivity index is 1.65. The number of hydrogen-bond donors (Lipinski definition) is 2. The summed E-state index contributed by atoms with van der Waals surface area (Å²) in [5.74, 6) is 2.47. The average Bonchev–Trinajstić information content (AvgIpc) is 3.27. The highest BCUT2D eigenvalue weighted by Crippen LogP contribution is 2.07. The molecule has 0 atom stereocenters. The molecule has 3 heterocycles. The van der Waals surface area contributed by atoms with Crippen LogP contribution < -0.4 is 10.6 Å². The van der Waals surface area contributed by atoms with Crippen LogP contribution in [0.4, 0.5) is 0 Å². The van der Waals surface area contributed by atoms with Crippen molar-refractivity contribution in [3.63, 3.8) is 0 Å². The van der Waals surface area contributed by atoms with Crippen molar-refractivity contribution in [1.29, 1.82) is 0 Å². The van der Waals surface area contributed by atoms with Gasteiger partial charge in [0, 0.05) is 18.1 Å². The van der Waals surface area contributed by atoms with E-state index in [1.807, 2.05) is 42.8 Å². The molecule has 3 aromatic heterocycles. The molecule has 25 heavy (non-hydrogen) atoms. The Bertz CT molecular complexity index is 809. The molecular weight excluding hydrogens is 334 g/mol. The van der Waals surface area contributed by atoms with Crippen molar-refractivity contribution in [2.24, 2.45) is 12.0 Å². The van der Waals surface area contributed by atoms with Gasteiger partial charge in [0.1, 0.15) is 5.82 Å². The Morgan fingerprint density at radius 3 is 2.72 bits per heavy atom. The summed E-state index contributed by atoms with van der Waals surface area (Å²) >= 11 is 1.72. The van der Waals surface area contributed by atoms with Crippen LogP contribution in [0.3, 0.4) is 0 Å². The van der Waals surface area contributed by atoms with Gasteiger partial charge in [-0.2, -0.15) is 0 Å². The lowest BCUT2D eigenvalue weighted by Gasteiger charge is -2.12. The monoisotopic (exact) mass is 355 g/mol. The Morgan fingerprint density at radius 1 is 1.16 bits per heavy atom. The number of aryl methyl sites for hydroxylation is 1. The van der Waals surface area contributed by atoms with Crippen molar-refractivity contribution in [2.45, 2.75) is 26.6 Å². The molecule has 8 heteroatoms. The third-order valence-corrected chi connectivity index (χ3v) is 4.61. The zero-order chi connectivity index (χ0) is 17.5. The number of rotatable bonds is 6. The quantitative estimate of drug-likeness (QED) is 0.522. The van der Waals surface area contributed by atoms with Gasteiger partial charge in [0.05, 0.1) is 25.3 Å². The summed E-state index contributed by atoms with van der Waals surface area (Å²) in [7, 11) is 1.95. The van der Waals surface area contributed by atoms with Gasteiger partial charge in [0.25, 0.3) is 0 Å². The second-order valence-electron chi connectivity index (χ2n) is 5.49. The summed E-state index contributed by atoms with van der Waals surface area (Å²) in [5, 5.41) is 17.0. The maximum atomic E-state index is 4.62. The van der Waals surface area contributed by atoms with Crippen molar-refractivity contribution >= 4 is 17.3 Å². The smallest absolute Gasteiger partial charge is 0.192 e. The molecule has 0 aliphatic carbocycles. The number of aliphatic imine (C=N–C) groups is 1. The SMILES string of the molecule is Cc1nnc(CNC(=NCc2ccccn2)NCc2cccs2)n1C. The predicted octanol–water partition coefficient (Wildman–Crippen LogP) is 2.02. The van der Waals surface area contributed by atoms with Crippen molar-refractivity contribution < 1.29 is 0 Å². The van der Waals surface area contributed by atoms with E-state index in [4.69, 9.17) is 0 Å². The molecule has 130 valence electrons. The molecule has 0 aromatic carbocycles. The number of hydrogen-bond acceptors (Lipinski definition) is 5. The molecule has 0 bridgehead atoms. The minimum atomic E-state index is 0.512. The Morgan fingerprint density at radius 2 is 2.04 bits per heavy atom. The molecule has 0 saturated heterocycles. The third kappa shape index (κ3) is 4.87. The standard InChI is InChI=1S/C17H21N7S/c1-13-22-23-16(24(13)2)12-21-17(20-11-15-7-5-9-25-15)19-10-14-6-3-4-8-18-14/h3-9H,10-12H2,1-2H3,(H2,19,20,21). The third-order valence-electron chi connectivity index (χ3n) is 3.73. The molecule has 0 aliphatic rings. The number of guanidine groups is 1. The largest absolute Gasteiger partial charge is 0.351 e. The fourth-order valence-electron chi connectivity index (χ4n) is 2.18. The zero-order valence-corrected chi connectivity index (χ0v) is 15.1. The first kappa shape index (κ1) is 17.1.